The highest BCUT2D eigenvalue weighted by atomic mass is 35.5. The molecule has 0 bridgehead atoms. The van der Waals surface area contributed by atoms with Crippen molar-refractivity contribution in [3.05, 3.63) is 66.3 Å². The Morgan fingerprint density at radius 3 is 2.51 bits per heavy atom. The number of benzene rings is 2. The van der Waals surface area contributed by atoms with Crippen molar-refractivity contribution in [3.63, 3.8) is 0 Å². The van der Waals surface area contributed by atoms with Crippen LogP contribution in [0.25, 0.3) is 0 Å². The fraction of sp³-hybridized carbons (Fsp3) is 0.136. The topological polar surface area (TPSA) is 105 Å². The van der Waals surface area contributed by atoms with Gasteiger partial charge in [0.2, 0.25) is 11.9 Å². The molecule has 0 aliphatic carbocycles. The van der Waals surface area contributed by atoms with Crippen molar-refractivity contribution in [1.29, 1.82) is 0 Å². The highest BCUT2D eigenvalue weighted by molar-refractivity contribution is 7.70. The number of nitrogens with zero attached hydrogens (tertiary/aromatic N) is 2. The summed E-state index contributed by atoms with van der Waals surface area (Å²) in [5.74, 6) is -1.13. The van der Waals surface area contributed by atoms with Crippen LogP contribution in [0, 0.1) is 0 Å². The predicted molar refractivity (Wildman–Crippen MR) is 131 cm³/mol. The van der Waals surface area contributed by atoms with E-state index in [1.54, 1.807) is 37.6 Å². The third kappa shape index (κ3) is 7.21. The van der Waals surface area contributed by atoms with E-state index in [4.69, 9.17) is 11.6 Å². The Morgan fingerprint density at radius 2 is 1.86 bits per heavy atom. The molecule has 0 radical (unpaired) electrons. The number of aromatic nitrogens is 2. The number of carbonyl (C=O) groups excluding carboxylic acids is 1. The largest absolute Gasteiger partial charge is 0.573 e. The first-order valence-electron chi connectivity index (χ1n) is 9.90. The van der Waals surface area contributed by atoms with Crippen molar-refractivity contribution in [1.82, 2.24) is 9.97 Å². The van der Waals surface area contributed by atoms with Crippen molar-refractivity contribution < 1.29 is 27.3 Å². The van der Waals surface area contributed by atoms with Crippen LogP contribution in [0.3, 0.4) is 0 Å². The Bertz CT molecular complexity index is 1310. The third-order valence-corrected chi connectivity index (χ3v) is 6.21. The molecular weight excluding hydrogens is 506 g/mol. The van der Waals surface area contributed by atoms with Gasteiger partial charge in [-0.15, -0.1) is 13.2 Å². The lowest BCUT2D eigenvalue weighted by Gasteiger charge is -2.17. The first-order chi connectivity index (χ1) is 16.4. The van der Waals surface area contributed by atoms with Crippen LogP contribution < -0.4 is 26.0 Å². The van der Waals surface area contributed by atoms with Crippen LogP contribution in [0.15, 0.2) is 61.3 Å². The number of anilines is 5. The van der Waals surface area contributed by atoms with Gasteiger partial charge in [0.05, 0.1) is 17.6 Å². The van der Waals surface area contributed by atoms with E-state index in [-0.39, 0.29) is 28.2 Å². The summed E-state index contributed by atoms with van der Waals surface area (Å²) in [5, 5.41) is 8.77. The summed E-state index contributed by atoms with van der Waals surface area (Å²) in [4.78, 5) is 19.8. The Labute approximate surface area is 203 Å². The molecule has 0 saturated carbocycles. The van der Waals surface area contributed by atoms with Gasteiger partial charge in [-0.3, -0.25) is 4.79 Å². The summed E-state index contributed by atoms with van der Waals surface area (Å²) in [6, 6.07) is 10.4. The molecule has 0 spiro atoms. The number of nitrogens with one attached hydrogen (secondary N) is 3. The Morgan fingerprint density at radius 1 is 1.14 bits per heavy atom. The number of carbonyl (C=O) groups is 1. The molecule has 1 heterocycles. The molecule has 35 heavy (non-hydrogen) atoms. The molecule has 3 aromatic rings. The SMILES string of the molecule is C=CC(=O)Nc1ccc(OC(F)(F)F)c(Nc2ncc(Cl)c(Nc3ccccc3P(C)(C)=O)n2)c1. The lowest BCUT2D eigenvalue weighted by Crippen LogP contribution is -2.18. The summed E-state index contributed by atoms with van der Waals surface area (Å²) < 4.78 is 55.4. The number of amides is 1. The summed E-state index contributed by atoms with van der Waals surface area (Å²) in [7, 11) is -2.65. The molecule has 1 amide bonds. The molecule has 8 nitrogen and oxygen atoms in total. The minimum Gasteiger partial charge on any atom is -0.404 e. The Hall–Kier alpha value is -3.56. The summed E-state index contributed by atoms with van der Waals surface area (Å²) >= 11 is 6.22. The van der Waals surface area contributed by atoms with Crippen molar-refractivity contribution in [2.45, 2.75) is 6.36 Å². The zero-order valence-electron chi connectivity index (χ0n) is 18.5. The van der Waals surface area contributed by atoms with Gasteiger partial charge in [0.25, 0.3) is 0 Å². The number of halogens is 4. The van der Waals surface area contributed by atoms with Gasteiger partial charge in [-0.2, -0.15) is 4.98 Å². The fourth-order valence-corrected chi connectivity index (χ4v) is 4.22. The molecule has 3 N–H and O–H groups in total. The van der Waals surface area contributed by atoms with Gasteiger partial charge < -0.3 is 25.3 Å². The lowest BCUT2D eigenvalue weighted by atomic mass is 10.2. The number of ether oxygens (including phenoxy) is 1. The maximum Gasteiger partial charge on any atom is 0.573 e. The van der Waals surface area contributed by atoms with Gasteiger partial charge >= 0.3 is 6.36 Å². The zero-order valence-corrected chi connectivity index (χ0v) is 20.1. The quantitative estimate of drug-likeness (QED) is 0.249. The van der Waals surface area contributed by atoms with E-state index in [9.17, 15) is 22.5 Å². The predicted octanol–water partition coefficient (Wildman–Crippen LogP) is 5.89. The normalized spacial score (nSPS) is 11.5. The molecule has 1 aromatic heterocycles. The Kier molecular flexibility index (Phi) is 7.72. The standard InChI is InChI=1S/C22H20ClF3N5O3P/c1-4-19(32)28-13-9-10-17(34-22(24,25)26)16(11-13)30-21-27-12-14(23)20(31-21)29-15-7-5-6-8-18(15)35(2,3)33/h4-12H,1H2,2-3H3,(H,28,32)(H2,27,29,30,31). The maximum absolute atomic E-state index is 12.9. The number of alkyl halides is 3. The minimum atomic E-state index is -4.96. The highest BCUT2D eigenvalue weighted by Gasteiger charge is 2.32. The smallest absolute Gasteiger partial charge is 0.404 e. The maximum atomic E-state index is 12.9. The number of hydrogen-bond acceptors (Lipinski definition) is 7. The molecule has 2 aromatic carbocycles. The van der Waals surface area contributed by atoms with Crippen LogP contribution in [0.1, 0.15) is 0 Å². The van der Waals surface area contributed by atoms with E-state index in [1.165, 1.54) is 18.3 Å². The van der Waals surface area contributed by atoms with E-state index in [0.29, 0.717) is 11.0 Å². The highest BCUT2D eigenvalue weighted by Crippen LogP contribution is 2.39. The molecular formula is C22H20ClF3N5O3P. The van der Waals surface area contributed by atoms with Gasteiger partial charge in [0.1, 0.15) is 12.2 Å². The van der Waals surface area contributed by atoms with Crippen LogP contribution >= 0.6 is 18.7 Å². The van der Waals surface area contributed by atoms with E-state index in [1.807, 2.05) is 0 Å². The average molecular weight is 526 g/mol. The molecule has 0 aliphatic rings. The Balaban J connectivity index is 1.97. The first-order valence-corrected chi connectivity index (χ1v) is 12.9. The van der Waals surface area contributed by atoms with E-state index in [0.717, 1.165) is 12.1 Å². The van der Waals surface area contributed by atoms with Gasteiger partial charge in [-0.25, -0.2) is 4.98 Å². The molecule has 13 heteroatoms. The zero-order chi connectivity index (χ0) is 25.8. The van der Waals surface area contributed by atoms with Crippen molar-refractivity contribution in [3.8, 4) is 5.75 Å². The van der Waals surface area contributed by atoms with Crippen LogP contribution in [0.4, 0.5) is 42.0 Å². The molecule has 0 unspecified atom stereocenters. The molecule has 0 aliphatic heterocycles. The molecule has 184 valence electrons. The second kappa shape index (κ2) is 10.4. The molecule has 3 rings (SSSR count). The van der Waals surface area contributed by atoms with Gasteiger partial charge in [-0.05, 0) is 49.7 Å². The van der Waals surface area contributed by atoms with Crippen LogP contribution in [0.2, 0.25) is 5.02 Å². The van der Waals surface area contributed by atoms with Crippen molar-refractivity contribution >= 4 is 58.8 Å². The fourth-order valence-electron chi connectivity index (χ4n) is 2.92. The van der Waals surface area contributed by atoms with Crippen molar-refractivity contribution in [2.75, 3.05) is 29.3 Å². The van der Waals surface area contributed by atoms with E-state index in [2.05, 4.69) is 37.2 Å². The number of rotatable bonds is 8. The lowest BCUT2D eigenvalue weighted by molar-refractivity contribution is -0.274. The van der Waals surface area contributed by atoms with E-state index >= 15 is 0 Å². The van der Waals surface area contributed by atoms with Crippen LogP contribution in [-0.2, 0) is 9.36 Å². The summed E-state index contributed by atoms with van der Waals surface area (Å²) in [5.41, 5.74) is 0.502. The number of para-hydroxylation sites is 1. The van der Waals surface area contributed by atoms with Gasteiger partial charge in [0.15, 0.2) is 11.6 Å². The van der Waals surface area contributed by atoms with Gasteiger partial charge in [0, 0.05) is 11.0 Å². The van der Waals surface area contributed by atoms with Crippen LogP contribution in [-0.4, -0.2) is 35.6 Å². The molecule has 0 saturated heterocycles. The third-order valence-electron chi connectivity index (χ3n) is 4.39. The van der Waals surface area contributed by atoms with Gasteiger partial charge in [-0.1, -0.05) is 30.3 Å². The second-order valence-electron chi connectivity index (χ2n) is 7.46. The monoisotopic (exact) mass is 525 g/mol. The summed E-state index contributed by atoms with van der Waals surface area (Å²) in [6.07, 6.45) is -2.71. The molecule has 0 atom stereocenters. The number of hydrogen-bond donors (Lipinski definition) is 3. The summed E-state index contributed by atoms with van der Waals surface area (Å²) in [6.45, 7) is 6.56. The molecule has 0 fully saturated rings. The first kappa shape index (κ1) is 26.1. The van der Waals surface area contributed by atoms with Crippen molar-refractivity contribution in [2.24, 2.45) is 0 Å². The minimum absolute atomic E-state index is 0.117. The van der Waals surface area contributed by atoms with E-state index < -0.39 is 25.2 Å². The second-order valence-corrected chi connectivity index (χ2v) is 11.1. The average Bonchev–Trinajstić information content (AvgIpc) is 2.76. The van der Waals surface area contributed by atoms with Crippen LogP contribution in [0.5, 0.6) is 5.75 Å².